The number of fused-ring (bicyclic) bond motifs is 1. The Morgan fingerprint density at radius 1 is 0.906 bits per heavy atom. The van der Waals surface area contributed by atoms with Crippen molar-refractivity contribution in [2.45, 2.75) is 49.0 Å². The normalized spacial score (nSPS) is 30.0. The molecule has 3 heteroatoms. The minimum atomic E-state index is -0.230. The Morgan fingerprint density at radius 2 is 1.62 bits per heavy atom. The zero-order valence-electron chi connectivity index (χ0n) is 18.5. The van der Waals surface area contributed by atoms with Gasteiger partial charge in [-0.25, -0.2) is 0 Å². The molecule has 3 aromatic carbocycles. The summed E-state index contributed by atoms with van der Waals surface area (Å²) in [6.45, 7) is 0. The molecule has 1 N–H and O–H groups in total. The van der Waals surface area contributed by atoms with Crippen molar-refractivity contribution in [1.29, 1.82) is 0 Å². The van der Waals surface area contributed by atoms with Crippen LogP contribution in [-0.4, -0.2) is 18.4 Å². The predicted octanol–water partition coefficient (Wildman–Crippen LogP) is 6.36. The maximum Gasteiger partial charge on any atom is 0.168 e. The molecule has 1 heterocycles. The van der Waals surface area contributed by atoms with E-state index in [-0.39, 0.29) is 22.7 Å². The van der Waals surface area contributed by atoms with Gasteiger partial charge in [0.1, 0.15) is 5.75 Å². The van der Waals surface area contributed by atoms with Crippen molar-refractivity contribution in [3.8, 4) is 5.75 Å². The average Bonchev–Trinajstić information content (AvgIpc) is 3.33. The van der Waals surface area contributed by atoms with Gasteiger partial charge in [0, 0.05) is 22.6 Å². The number of benzene rings is 3. The van der Waals surface area contributed by atoms with E-state index >= 15 is 0 Å². The van der Waals surface area contributed by atoms with Crippen LogP contribution in [0.4, 0.5) is 5.69 Å². The lowest BCUT2D eigenvalue weighted by Crippen LogP contribution is -2.57. The van der Waals surface area contributed by atoms with Crippen molar-refractivity contribution in [1.82, 2.24) is 0 Å². The molecule has 0 amide bonds. The highest BCUT2D eigenvalue weighted by atomic mass is 16.5. The topological polar surface area (TPSA) is 38.3 Å². The van der Waals surface area contributed by atoms with Gasteiger partial charge >= 0.3 is 0 Å². The second kappa shape index (κ2) is 7.23. The van der Waals surface area contributed by atoms with Gasteiger partial charge in [-0.1, -0.05) is 73.5 Å². The van der Waals surface area contributed by atoms with Crippen LogP contribution in [0.25, 0.3) is 0 Å². The molecule has 0 unspecified atom stereocenters. The minimum absolute atomic E-state index is 0.0512. The summed E-state index contributed by atoms with van der Waals surface area (Å²) in [4.78, 5) is 14.0. The molecule has 2 fully saturated rings. The summed E-state index contributed by atoms with van der Waals surface area (Å²) >= 11 is 0. The maximum absolute atomic E-state index is 14.0. The molecule has 4 atom stereocenters. The SMILES string of the molecule is COc1ccc([C@@H]2C[C@H](C(=O)c3ccccc3)[C@]34CCCC[C@@]23c2ccccc2N4)cc1. The monoisotopic (exact) mass is 423 g/mol. The number of rotatable bonds is 4. The molecular formula is C29H29NO2. The van der Waals surface area contributed by atoms with E-state index in [1.165, 1.54) is 23.2 Å². The third-order valence-electron chi connectivity index (χ3n) is 8.51. The van der Waals surface area contributed by atoms with Crippen LogP contribution in [0.1, 0.15) is 59.5 Å². The van der Waals surface area contributed by atoms with Gasteiger partial charge in [-0.2, -0.15) is 0 Å². The molecule has 3 aromatic rings. The summed E-state index contributed by atoms with van der Waals surface area (Å²) in [5, 5.41) is 3.98. The summed E-state index contributed by atoms with van der Waals surface area (Å²) in [5.74, 6) is 1.40. The van der Waals surface area contributed by atoms with Crippen molar-refractivity contribution >= 4 is 11.5 Å². The van der Waals surface area contributed by atoms with Gasteiger partial charge in [0.05, 0.1) is 12.6 Å². The minimum Gasteiger partial charge on any atom is -0.497 e. The molecule has 0 aromatic heterocycles. The summed E-state index contributed by atoms with van der Waals surface area (Å²) in [6.07, 6.45) is 5.40. The van der Waals surface area contributed by atoms with Gasteiger partial charge in [0.25, 0.3) is 0 Å². The number of carbonyl (C=O) groups is 1. The quantitative estimate of drug-likeness (QED) is 0.496. The third-order valence-corrected chi connectivity index (χ3v) is 8.51. The average molecular weight is 424 g/mol. The highest BCUT2D eigenvalue weighted by Crippen LogP contribution is 2.70. The van der Waals surface area contributed by atoms with Gasteiger partial charge in [0.2, 0.25) is 0 Å². The third kappa shape index (κ3) is 2.51. The van der Waals surface area contributed by atoms with E-state index in [4.69, 9.17) is 4.74 Å². The molecule has 2 aliphatic carbocycles. The van der Waals surface area contributed by atoms with Crippen LogP contribution in [0.5, 0.6) is 5.75 Å². The zero-order chi connectivity index (χ0) is 21.8. The van der Waals surface area contributed by atoms with Crippen LogP contribution in [-0.2, 0) is 5.41 Å². The molecule has 2 saturated carbocycles. The summed E-state index contributed by atoms with van der Waals surface area (Å²) < 4.78 is 5.43. The van der Waals surface area contributed by atoms with Crippen LogP contribution < -0.4 is 10.1 Å². The summed E-state index contributed by atoms with van der Waals surface area (Å²) in [5.41, 5.74) is 4.48. The largest absolute Gasteiger partial charge is 0.497 e. The fourth-order valence-electron chi connectivity index (χ4n) is 7.30. The van der Waals surface area contributed by atoms with E-state index in [0.717, 1.165) is 37.0 Å². The van der Waals surface area contributed by atoms with Crippen LogP contribution in [0, 0.1) is 5.92 Å². The van der Waals surface area contributed by atoms with E-state index < -0.39 is 0 Å². The highest BCUT2D eigenvalue weighted by molar-refractivity contribution is 6.00. The fourth-order valence-corrected chi connectivity index (χ4v) is 7.30. The number of ether oxygens (including phenoxy) is 1. The number of carbonyl (C=O) groups excluding carboxylic acids is 1. The lowest BCUT2D eigenvalue weighted by molar-refractivity contribution is 0.0824. The first kappa shape index (κ1) is 19.6. The first-order valence-corrected chi connectivity index (χ1v) is 11.8. The van der Waals surface area contributed by atoms with E-state index in [2.05, 4.69) is 53.8 Å². The number of Topliss-reactive ketones (excluding diaryl/α,β-unsaturated/α-hetero) is 1. The Hall–Kier alpha value is -3.07. The number of hydrogen-bond donors (Lipinski definition) is 1. The Morgan fingerprint density at radius 3 is 2.41 bits per heavy atom. The molecule has 3 aliphatic rings. The van der Waals surface area contributed by atoms with Crippen molar-refractivity contribution in [2.75, 3.05) is 12.4 Å². The van der Waals surface area contributed by atoms with E-state index in [9.17, 15) is 4.79 Å². The number of hydrogen-bond acceptors (Lipinski definition) is 3. The maximum atomic E-state index is 14.0. The predicted molar refractivity (Wildman–Crippen MR) is 128 cm³/mol. The Labute approximate surface area is 189 Å². The first-order valence-electron chi connectivity index (χ1n) is 11.8. The van der Waals surface area contributed by atoms with Crippen molar-refractivity contribution in [3.63, 3.8) is 0 Å². The number of anilines is 1. The van der Waals surface area contributed by atoms with Crippen molar-refractivity contribution in [3.05, 3.63) is 95.6 Å². The number of para-hydroxylation sites is 1. The summed E-state index contributed by atoms with van der Waals surface area (Å²) in [7, 11) is 1.71. The molecule has 0 spiro atoms. The molecule has 1 aliphatic heterocycles. The smallest absolute Gasteiger partial charge is 0.168 e. The van der Waals surface area contributed by atoms with Crippen LogP contribution in [0.3, 0.4) is 0 Å². The highest BCUT2D eigenvalue weighted by Gasteiger charge is 2.70. The van der Waals surface area contributed by atoms with E-state index in [1.807, 2.05) is 30.3 Å². The lowest BCUT2D eigenvalue weighted by Gasteiger charge is -2.50. The van der Waals surface area contributed by atoms with Gasteiger partial charge < -0.3 is 10.1 Å². The molecular weight excluding hydrogens is 394 g/mol. The molecule has 32 heavy (non-hydrogen) atoms. The van der Waals surface area contributed by atoms with Gasteiger partial charge in [-0.05, 0) is 54.5 Å². The second-order valence-corrected chi connectivity index (χ2v) is 9.66. The van der Waals surface area contributed by atoms with Crippen LogP contribution in [0.15, 0.2) is 78.9 Å². The van der Waals surface area contributed by atoms with E-state index in [1.54, 1.807) is 7.11 Å². The molecule has 0 bridgehead atoms. The fraction of sp³-hybridized carbons (Fsp3) is 0.345. The number of methoxy groups -OCH3 is 1. The molecule has 162 valence electrons. The number of nitrogens with one attached hydrogen (secondary N) is 1. The van der Waals surface area contributed by atoms with Crippen molar-refractivity contribution in [2.24, 2.45) is 5.92 Å². The van der Waals surface area contributed by atoms with Gasteiger partial charge in [-0.15, -0.1) is 0 Å². The molecule has 3 nitrogen and oxygen atoms in total. The molecule has 6 rings (SSSR count). The van der Waals surface area contributed by atoms with Gasteiger partial charge in [0.15, 0.2) is 5.78 Å². The van der Waals surface area contributed by atoms with Crippen LogP contribution in [0.2, 0.25) is 0 Å². The van der Waals surface area contributed by atoms with E-state index in [0.29, 0.717) is 5.92 Å². The Balaban J connectivity index is 1.55. The first-order chi connectivity index (χ1) is 15.7. The van der Waals surface area contributed by atoms with Crippen molar-refractivity contribution < 1.29 is 9.53 Å². The lowest BCUT2D eigenvalue weighted by atomic mass is 9.56. The summed E-state index contributed by atoms with van der Waals surface area (Å²) in [6, 6.07) is 27.3. The molecule has 0 radical (unpaired) electrons. The standard InChI is InChI=1S/C29H29NO2/c1-32-22-15-13-20(14-16-22)24-19-25(27(31)21-9-3-2-4-10-21)29-18-8-7-17-28(24,29)23-11-5-6-12-26(23)30-29/h2-6,9-16,24-25,30H,7-8,17-19H2,1H3/t24-,25+,28+,29+/m0/s1. The van der Waals surface area contributed by atoms with Crippen LogP contribution >= 0.6 is 0 Å². The number of ketones is 1. The van der Waals surface area contributed by atoms with Gasteiger partial charge in [-0.3, -0.25) is 4.79 Å². The second-order valence-electron chi connectivity index (χ2n) is 9.66. The zero-order valence-corrected chi connectivity index (χ0v) is 18.5. The molecule has 0 saturated heterocycles. The Bertz CT molecular complexity index is 1160. The Kier molecular flexibility index (Phi) is 4.43.